The van der Waals surface area contributed by atoms with E-state index in [1.165, 1.54) is 24.1 Å². The lowest BCUT2D eigenvalue weighted by Gasteiger charge is -2.13. The number of nitrogens with one attached hydrogen (secondary N) is 1. The first kappa shape index (κ1) is 14.6. The van der Waals surface area contributed by atoms with Gasteiger partial charge >= 0.3 is 6.36 Å². The largest absolute Gasteiger partial charge is 0.573 e. The molecule has 0 amide bonds. The monoisotopic (exact) mass is 299 g/mol. The van der Waals surface area contributed by atoms with E-state index >= 15 is 0 Å². The Morgan fingerprint density at radius 3 is 2.40 bits per heavy atom. The molecule has 2 aromatic rings. The molecule has 0 aliphatic carbocycles. The third kappa shape index (κ3) is 4.38. The van der Waals surface area contributed by atoms with Gasteiger partial charge in [0, 0.05) is 11.0 Å². The number of aryl methyl sites for hydroxylation is 1. The number of halogens is 3. The predicted molar refractivity (Wildman–Crippen MR) is 73.8 cm³/mol. The molecule has 0 heterocycles. The van der Waals surface area contributed by atoms with E-state index in [1.54, 1.807) is 6.07 Å². The van der Waals surface area contributed by atoms with Crippen molar-refractivity contribution in [2.45, 2.75) is 18.2 Å². The number of rotatable bonds is 4. The van der Waals surface area contributed by atoms with Gasteiger partial charge in [0.25, 0.3) is 0 Å². The highest BCUT2D eigenvalue weighted by molar-refractivity contribution is 8.00. The second-order valence-corrected chi connectivity index (χ2v) is 4.92. The number of ether oxygens (including phenoxy) is 1. The molecule has 0 fully saturated rings. The molecule has 0 bridgehead atoms. The van der Waals surface area contributed by atoms with Gasteiger partial charge in [-0.05, 0) is 42.6 Å². The zero-order chi connectivity index (χ0) is 14.6. The minimum atomic E-state index is -4.68. The number of benzene rings is 2. The number of alkyl halides is 3. The van der Waals surface area contributed by atoms with E-state index in [0.29, 0.717) is 5.69 Å². The van der Waals surface area contributed by atoms with Crippen LogP contribution in [-0.4, -0.2) is 6.36 Å². The van der Waals surface area contributed by atoms with Gasteiger partial charge in [-0.15, -0.1) is 13.2 Å². The SMILES string of the molecule is Cc1ccc(OC(F)(F)F)cc1NSc1ccccc1. The summed E-state index contributed by atoms with van der Waals surface area (Å²) in [4.78, 5) is 0.967. The quantitative estimate of drug-likeness (QED) is 0.802. The molecule has 0 spiro atoms. The minimum Gasteiger partial charge on any atom is -0.406 e. The number of hydrogen-bond donors (Lipinski definition) is 1. The molecular weight excluding hydrogens is 287 g/mol. The fraction of sp³-hybridized carbons (Fsp3) is 0.143. The summed E-state index contributed by atoms with van der Waals surface area (Å²) in [5.74, 6) is -0.237. The summed E-state index contributed by atoms with van der Waals surface area (Å²) in [5.41, 5.74) is 1.42. The highest BCUT2D eigenvalue weighted by Crippen LogP contribution is 2.30. The van der Waals surface area contributed by atoms with E-state index < -0.39 is 6.36 Å². The van der Waals surface area contributed by atoms with Crippen molar-refractivity contribution in [3.63, 3.8) is 0 Å². The molecule has 6 heteroatoms. The standard InChI is InChI=1S/C14H12F3NOS/c1-10-7-8-11(19-14(15,16)17)9-13(10)18-20-12-5-3-2-4-6-12/h2-9,18H,1H3. The maximum Gasteiger partial charge on any atom is 0.573 e. The lowest BCUT2D eigenvalue weighted by molar-refractivity contribution is -0.274. The molecule has 106 valence electrons. The summed E-state index contributed by atoms with van der Waals surface area (Å²) >= 11 is 1.33. The highest BCUT2D eigenvalue weighted by atomic mass is 32.2. The average molecular weight is 299 g/mol. The predicted octanol–water partition coefficient (Wildman–Crippen LogP) is 5.01. The Bertz CT molecular complexity index is 572. The van der Waals surface area contributed by atoms with Crippen molar-refractivity contribution in [1.82, 2.24) is 0 Å². The van der Waals surface area contributed by atoms with Crippen LogP contribution in [0.5, 0.6) is 5.75 Å². The van der Waals surface area contributed by atoms with Crippen LogP contribution in [0, 0.1) is 6.92 Å². The van der Waals surface area contributed by atoms with Crippen LogP contribution >= 0.6 is 11.9 Å². The fourth-order valence-electron chi connectivity index (χ4n) is 1.51. The molecule has 0 aliphatic heterocycles. The molecule has 0 unspecified atom stereocenters. The Labute approximate surface area is 119 Å². The minimum absolute atomic E-state index is 0.237. The topological polar surface area (TPSA) is 21.3 Å². The summed E-state index contributed by atoms with van der Waals surface area (Å²) in [6, 6.07) is 13.7. The van der Waals surface area contributed by atoms with E-state index in [-0.39, 0.29) is 5.75 Å². The third-order valence-corrected chi connectivity index (χ3v) is 3.29. The fourth-order valence-corrected chi connectivity index (χ4v) is 2.25. The molecule has 0 atom stereocenters. The first-order chi connectivity index (χ1) is 9.44. The molecule has 2 rings (SSSR count). The van der Waals surface area contributed by atoms with Gasteiger partial charge in [-0.1, -0.05) is 24.3 Å². The number of anilines is 1. The van der Waals surface area contributed by atoms with Gasteiger partial charge in [-0.3, -0.25) is 0 Å². The molecule has 20 heavy (non-hydrogen) atoms. The maximum absolute atomic E-state index is 12.2. The highest BCUT2D eigenvalue weighted by Gasteiger charge is 2.31. The Morgan fingerprint density at radius 2 is 1.75 bits per heavy atom. The van der Waals surface area contributed by atoms with Crippen molar-refractivity contribution in [2.24, 2.45) is 0 Å². The second kappa shape index (κ2) is 6.09. The van der Waals surface area contributed by atoms with Crippen molar-refractivity contribution in [3.05, 3.63) is 54.1 Å². The first-order valence-corrected chi connectivity index (χ1v) is 6.60. The van der Waals surface area contributed by atoms with E-state index in [0.717, 1.165) is 10.5 Å². The van der Waals surface area contributed by atoms with E-state index in [2.05, 4.69) is 9.46 Å². The van der Waals surface area contributed by atoms with Crippen LogP contribution in [0.1, 0.15) is 5.56 Å². The Hall–Kier alpha value is -1.82. The molecule has 2 aromatic carbocycles. The van der Waals surface area contributed by atoms with Crippen LogP contribution in [0.3, 0.4) is 0 Å². The maximum atomic E-state index is 12.2. The van der Waals surface area contributed by atoms with Gasteiger partial charge in [0.2, 0.25) is 0 Å². The van der Waals surface area contributed by atoms with Gasteiger partial charge in [-0.2, -0.15) is 0 Å². The molecule has 0 aromatic heterocycles. The van der Waals surface area contributed by atoms with Crippen LogP contribution in [-0.2, 0) is 0 Å². The van der Waals surface area contributed by atoms with Gasteiger partial charge in [0.1, 0.15) is 5.75 Å². The lowest BCUT2D eigenvalue weighted by Crippen LogP contribution is -2.17. The van der Waals surface area contributed by atoms with Crippen LogP contribution in [0.15, 0.2) is 53.4 Å². The van der Waals surface area contributed by atoms with Crippen LogP contribution in [0.2, 0.25) is 0 Å². The van der Waals surface area contributed by atoms with Crippen molar-refractivity contribution in [3.8, 4) is 5.75 Å². The zero-order valence-corrected chi connectivity index (χ0v) is 11.4. The summed E-state index contributed by atoms with van der Waals surface area (Å²) in [6.07, 6.45) is -4.68. The van der Waals surface area contributed by atoms with Crippen LogP contribution in [0.4, 0.5) is 18.9 Å². The zero-order valence-electron chi connectivity index (χ0n) is 10.6. The van der Waals surface area contributed by atoms with Gasteiger partial charge in [0.15, 0.2) is 0 Å². The summed E-state index contributed by atoms with van der Waals surface area (Å²) < 4.78 is 43.5. The van der Waals surface area contributed by atoms with E-state index in [4.69, 9.17) is 0 Å². The molecule has 0 saturated heterocycles. The molecule has 1 N–H and O–H groups in total. The van der Waals surface area contributed by atoms with Crippen LogP contribution < -0.4 is 9.46 Å². The molecule has 2 nitrogen and oxygen atoms in total. The number of hydrogen-bond acceptors (Lipinski definition) is 3. The summed E-state index contributed by atoms with van der Waals surface area (Å²) in [6.45, 7) is 1.81. The lowest BCUT2D eigenvalue weighted by atomic mass is 10.2. The average Bonchev–Trinajstić information content (AvgIpc) is 2.39. The Morgan fingerprint density at radius 1 is 1.05 bits per heavy atom. The molecule has 0 radical (unpaired) electrons. The summed E-state index contributed by atoms with van der Waals surface area (Å²) in [5, 5.41) is 0. The smallest absolute Gasteiger partial charge is 0.406 e. The third-order valence-electron chi connectivity index (χ3n) is 2.46. The molecular formula is C14H12F3NOS. The first-order valence-electron chi connectivity index (χ1n) is 5.78. The normalized spacial score (nSPS) is 11.2. The van der Waals surface area contributed by atoms with Crippen molar-refractivity contribution in [2.75, 3.05) is 4.72 Å². The van der Waals surface area contributed by atoms with Gasteiger partial charge in [0.05, 0.1) is 5.69 Å². The summed E-state index contributed by atoms with van der Waals surface area (Å²) in [7, 11) is 0. The van der Waals surface area contributed by atoms with E-state index in [1.807, 2.05) is 37.3 Å². The Kier molecular flexibility index (Phi) is 4.44. The van der Waals surface area contributed by atoms with Gasteiger partial charge in [-0.25, -0.2) is 0 Å². The van der Waals surface area contributed by atoms with Crippen LogP contribution in [0.25, 0.3) is 0 Å². The van der Waals surface area contributed by atoms with Crippen molar-refractivity contribution >= 4 is 17.6 Å². The van der Waals surface area contributed by atoms with Crippen molar-refractivity contribution < 1.29 is 17.9 Å². The molecule has 0 saturated carbocycles. The Balaban J connectivity index is 2.09. The second-order valence-electron chi connectivity index (χ2n) is 4.04. The van der Waals surface area contributed by atoms with Crippen molar-refractivity contribution in [1.29, 1.82) is 0 Å². The van der Waals surface area contributed by atoms with Gasteiger partial charge < -0.3 is 9.46 Å². The molecule has 0 aliphatic rings. The van der Waals surface area contributed by atoms with E-state index in [9.17, 15) is 13.2 Å².